The van der Waals surface area contributed by atoms with Gasteiger partial charge in [-0.2, -0.15) is 5.26 Å². The van der Waals surface area contributed by atoms with E-state index >= 15 is 0 Å². The Morgan fingerprint density at radius 2 is 1.55 bits per heavy atom. The summed E-state index contributed by atoms with van der Waals surface area (Å²) < 4.78 is 10.9. The number of unbranched alkanes of at least 4 members (excludes halogenated alkanes) is 5. The number of benzene rings is 2. The van der Waals surface area contributed by atoms with Crippen LogP contribution in [0.4, 0.5) is 0 Å². The molecule has 0 atom stereocenters. The van der Waals surface area contributed by atoms with E-state index in [2.05, 4.69) is 12.6 Å². The fraction of sp³-hybridized carbons (Fsp3) is 0.333. The summed E-state index contributed by atoms with van der Waals surface area (Å²) >= 11 is 0. The van der Waals surface area contributed by atoms with E-state index in [1.165, 1.54) is 0 Å². The summed E-state index contributed by atoms with van der Waals surface area (Å²) in [5.74, 6) is 0.515. The van der Waals surface area contributed by atoms with E-state index in [0.717, 1.165) is 55.4 Å². The van der Waals surface area contributed by atoms with Gasteiger partial charge in [0.15, 0.2) is 0 Å². The summed E-state index contributed by atoms with van der Waals surface area (Å²) in [6, 6.07) is 19.8. The number of ether oxygens (including phenoxy) is 2. The van der Waals surface area contributed by atoms with Crippen LogP contribution in [-0.4, -0.2) is 19.2 Å². The first-order valence-corrected chi connectivity index (χ1v) is 10.8. The van der Waals surface area contributed by atoms with E-state index < -0.39 is 0 Å². The third-order valence-corrected chi connectivity index (χ3v) is 4.79. The summed E-state index contributed by atoms with van der Waals surface area (Å²) in [5.41, 5.74) is 2.97. The van der Waals surface area contributed by atoms with Gasteiger partial charge in [0.25, 0.3) is 0 Å². The highest BCUT2D eigenvalue weighted by molar-refractivity contribution is 5.89. The predicted molar refractivity (Wildman–Crippen MR) is 125 cm³/mol. The topological polar surface area (TPSA) is 59.3 Å². The Bertz CT molecular complexity index is 892. The molecule has 2 rings (SSSR count). The highest BCUT2D eigenvalue weighted by Gasteiger charge is 2.03. The van der Waals surface area contributed by atoms with Crippen LogP contribution < -0.4 is 4.74 Å². The lowest BCUT2D eigenvalue weighted by molar-refractivity contribution is -0.139. The van der Waals surface area contributed by atoms with Crippen molar-refractivity contribution in [1.82, 2.24) is 0 Å². The Morgan fingerprint density at radius 3 is 2.16 bits per heavy atom. The molecule has 0 radical (unpaired) electrons. The molecule has 0 aliphatic heterocycles. The molecule has 2 aromatic rings. The number of carbonyl (C=O) groups is 1. The van der Waals surface area contributed by atoms with Crippen molar-refractivity contribution in [2.75, 3.05) is 13.2 Å². The largest absolute Gasteiger partial charge is 0.494 e. The van der Waals surface area contributed by atoms with Gasteiger partial charge in [0.05, 0.1) is 24.9 Å². The van der Waals surface area contributed by atoms with Gasteiger partial charge in [-0.1, -0.05) is 62.6 Å². The van der Waals surface area contributed by atoms with Crippen molar-refractivity contribution in [3.63, 3.8) is 0 Å². The second-order valence-electron chi connectivity index (χ2n) is 7.49. The molecule has 2 aromatic carbocycles. The van der Waals surface area contributed by atoms with E-state index in [-0.39, 0.29) is 5.97 Å². The Hall–Kier alpha value is -3.32. The van der Waals surface area contributed by atoms with Crippen LogP contribution >= 0.6 is 0 Å². The molecule has 0 bridgehead atoms. The van der Waals surface area contributed by atoms with Crippen LogP contribution in [0, 0.1) is 11.3 Å². The first-order chi connectivity index (χ1) is 15.1. The van der Waals surface area contributed by atoms with Gasteiger partial charge < -0.3 is 9.47 Å². The number of hydrogen-bond acceptors (Lipinski definition) is 4. The molecule has 0 saturated heterocycles. The Kier molecular flexibility index (Phi) is 10.7. The minimum Gasteiger partial charge on any atom is -0.494 e. The number of nitrogens with zero attached hydrogens (tertiary/aromatic N) is 1. The third-order valence-electron chi connectivity index (χ3n) is 4.79. The Labute approximate surface area is 185 Å². The highest BCUT2D eigenvalue weighted by Crippen LogP contribution is 2.21. The molecule has 0 N–H and O–H groups in total. The number of esters is 1. The highest BCUT2D eigenvalue weighted by atomic mass is 16.5. The van der Waals surface area contributed by atoms with Gasteiger partial charge in [0.2, 0.25) is 0 Å². The number of hydrogen-bond donors (Lipinski definition) is 0. The molecular formula is C27H31NO3. The normalized spacial score (nSPS) is 10.9. The van der Waals surface area contributed by atoms with Crippen molar-refractivity contribution in [2.24, 2.45) is 0 Å². The SMILES string of the molecule is C=C(C)C(=O)OCCCCCCCCOc1ccc(/C(C#N)=C/c2ccccc2)cc1. The summed E-state index contributed by atoms with van der Waals surface area (Å²) in [6.45, 7) is 6.37. The molecule has 0 unspecified atom stereocenters. The minimum atomic E-state index is -0.304. The zero-order valence-electron chi connectivity index (χ0n) is 18.3. The Balaban J connectivity index is 1.61. The van der Waals surface area contributed by atoms with E-state index in [1.54, 1.807) is 6.92 Å². The van der Waals surface area contributed by atoms with Crippen molar-refractivity contribution in [3.05, 3.63) is 77.9 Å². The summed E-state index contributed by atoms with van der Waals surface area (Å²) in [4.78, 5) is 11.3. The van der Waals surface area contributed by atoms with Gasteiger partial charge >= 0.3 is 5.97 Å². The number of rotatable bonds is 13. The van der Waals surface area contributed by atoms with Gasteiger partial charge in [-0.15, -0.1) is 0 Å². The van der Waals surface area contributed by atoms with E-state index in [0.29, 0.717) is 24.4 Å². The van der Waals surface area contributed by atoms with Crippen LogP contribution in [0.3, 0.4) is 0 Å². The fourth-order valence-electron chi connectivity index (χ4n) is 3.02. The molecular weight excluding hydrogens is 386 g/mol. The Morgan fingerprint density at radius 1 is 0.935 bits per heavy atom. The number of nitriles is 1. The van der Waals surface area contributed by atoms with E-state index in [9.17, 15) is 10.1 Å². The molecule has 0 aliphatic carbocycles. The lowest BCUT2D eigenvalue weighted by Crippen LogP contribution is -2.06. The van der Waals surface area contributed by atoms with Crippen LogP contribution in [-0.2, 0) is 9.53 Å². The number of allylic oxidation sites excluding steroid dienone is 1. The monoisotopic (exact) mass is 417 g/mol. The second-order valence-corrected chi connectivity index (χ2v) is 7.49. The van der Waals surface area contributed by atoms with Gasteiger partial charge in [-0.25, -0.2) is 4.79 Å². The third kappa shape index (κ3) is 9.35. The molecule has 0 saturated carbocycles. The zero-order valence-corrected chi connectivity index (χ0v) is 18.3. The average molecular weight is 418 g/mol. The fourth-order valence-corrected chi connectivity index (χ4v) is 3.02. The lowest BCUT2D eigenvalue weighted by atomic mass is 10.0. The second kappa shape index (κ2) is 13.8. The molecule has 0 amide bonds. The average Bonchev–Trinajstić information content (AvgIpc) is 2.79. The van der Waals surface area contributed by atoms with Crippen LogP contribution in [0.15, 0.2) is 66.7 Å². The molecule has 0 spiro atoms. The van der Waals surface area contributed by atoms with Crippen molar-refractivity contribution in [1.29, 1.82) is 5.26 Å². The molecule has 0 fully saturated rings. The summed E-state index contributed by atoms with van der Waals surface area (Å²) in [6.07, 6.45) is 8.23. The molecule has 31 heavy (non-hydrogen) atoms. The van der Waals surface area contributed by atoms with Gasteiger partial charge in [0.1, 0.15) is 5.75 Å². The zero-order chi connectivity index (χ0) is 22.3. The quantitative estimate of drug-likeness (QED) is 0.121. The molecule has 0 aliphatic rings. The molecule has 0 heterocycles. The van der Waals surface area contributed by atoms with Crippen molar-refractivity contribution >= 4 is 17.6 Å². The van der Waals surface area contributed by atoms with Crippen LogP contribution in [0.2, 0.25) is 0 Å². The van der Waals surface area contributed by atoms with Crippen LogP contribution in [0.5, 0.6) is 5.75 Å². The standard InChI is InChI=1S/C27H31NO3/c1-22(2)27(29)31-19-11-6-4-3-5-10-18-30-26-16-14-24(15-17-26)25(21-28)20-23-12-8-7-9-13-23/h7-9,12-17,20H,1,3-6,10-11,18-19H2,2H3/b25-20+. The van der Waals surface area contributed by atoms with Gasteiger partial charge in [-0.05, 0) is 61.2 Å². The molecule has 0 aromatic heterocycles. The maximum Gasteiger partial charge on any atom is 0.333 e. The lowest BCUT2D eigenvalue weighted by Gasteiger charge is -2.07. The van der Waals surface area contributed by atoms with Gasteiger partial charge in [-0.3, -0.25) is 0 Å². The van der Waals surface area contributed by atoms with Crippen molar-refractivity contribution < 1.29 is 14.3 Å². The molecule has 4 heteroatoms. The molecule has 162 valence electrons. The summed E-state index contributed by atoms with van der Waals surface area (Å²) in [7, 11) is 0. The van der Waals surface area contributed by atoms with E-state index in [1.807, 2.05) is 60.7 Å². The molecule has 4 nitrogen and oxygen atoms in total. The minimum absolute atomic E-state index is 0.304. The first kappa shape index (κ1) is 24.0. The van der Waals surface area contributed by atoms with Crippen molar-refractivity contribution in [3.8, 4) is 11.8 Å². The van der Waals surface area contributed by atoms with E-state index in [4.69, 9.17) is 9.47 Å². The smallest absolute Gasteiger partial charge is 0.333 e. The predicted octanol–water partition coefficient (Wildman–Crippen LogP) is 6.59. The first-order valence-electron chi connectivity index (χ1n) is 10.8. The maximum absolute atomic E-state index is 11.3. The van der Waals surface area contributed by atoms with Gasteiger partial charge in [0, 0.05) is 5.57 Å². The van der Waals surface area contributed by atoms with Crippen molar-refractivity contribution in [2.45, 2.75) is 45.4 Å². The number of carbonyl (C=O) groups excluding carboxylic acids is 1. The maximum atomic E-state index is 11.3. The van der Waals surface area contributed by atoms with Crippen LogP contribution in [0.1, 0.15) is 56.6 Å². The van der Waals surface area contributed by atoms with Crippen LogP contribution in [0.25, 0.3) is 11.6 Å². The summed E-state index contributed by atoms with van der Waals surface area (Å²) in [5, 5.41) is 9.47.